The Bertz CT molecular complexity index is 665. The van der Waals surface area contributed by atoms with Crippen molar-refractivity contribution >= 4 is 28.7 Å². The molecule has 10 heteroatoms. The molecule has 1 aliphatic heterocycles. The highest BCUT2D eigenvalue weighted by molar-refractivity contribution is 6.33. The number of rotatable bonds is 3. The van der Waals surface area contributed by atoms with E-state index in [-0.39, 0.29) is 24.3 Å². The number of anilines is 1. The predicted octanol–water partition coefficient (Wildman–Crippen LogP) is -1.46. The second kappa shape index (κ2) is 5.35. The monoisotopic (exact) mass is 315 g/mol. The zero-order valence-electron chi connectivity index (χ0n) is 10.8. The highest BCUT2D eigenvalue weighted by Gasteiger charge is 2.42. The molecule has 0 spiro atoms. The van der Waals surface area contributed by atoms with Crippen molar-refractivity contribution in [1.82, 2.24) is 19.5 Å². The number of ether oxygens (including phenoxy) is 1. The summed E-state index contributed by atoms with van der Waals surface area (Å²) in [6.07, 6.45) is -2.31. The molecule has 9 nitrogen and oxygen atoms in total. The number of halogens is 1. The minimum Gasteiger partial charge on any atom is -0.394 e. The van der Waals surface area contributed by atoms with Gasteiger partial charge in [0.1, 0.15) is 29.9 Å². The Morgan fingerprint density at radius 3 is 2.67 bits per heavy atom. The van der Waals surface area contributed by atoms with Crippen LogP contribution in [0.5, 0.6) is 0 Å². The third-order valence-electron chi connectivity index (χ3n) is 3.46. The Labute approximate surface area is 124 Å². The topological polar surface area (TPSA) is 140 Å². The summed E-state index contributed by atoms with van der Waals surface area (Å²) in [6.45, 7) is -0.196. The van der Waals surface area contributed by atoms with Crippen LogP contribution in [0.2, 0.25) is 5.15 Å². The summed E-state index contributed by atoms with van der Waals surface area (Å²) >= 11 is 5.93. The van der Waals surface area contributed by atoms with Gasteiger partial charge in [-0.15, -0.1) is 0 Å². The maximum atomic E-state index is 9.94. The van der Waals surface area contributed by atoms with Gasteiger partial charge in [-0.2, -0.15) is 9.97 Å². The van der Waals surface area contributed by atoms with Crippen LogP contribution in [0.1, 0.15) is 0 Å². The molecule has 5 N–H and O–H groups in total. The number of aromatic nitrogens is 4. The maximum absolute atomic E-state index is 9.94. The summed E-state index contributed by atoms with van der Waals surface area (Å²) in [7, 11) is 0. The average molecular weight is 316 g/mol. The molecule has 3 heterocycles. The molecule has 0 amide bonds. The van der Waals surface area contributed by atoms with Gasteiger partial charge >= 0.3 is 0 Å². The molecule has 0 aromatic carbocycles. The second-order valence-corrected chi connectivity index (χ2v) is 5.18. The summed E-state index contributed by atoms with van der Waals surface area (Å²) in [6, 6.07) is 0. The van der Waals surface area contributed by atoms with Crippen LogP contribution in [-0.2, 0) is 11.3 Å². The average Bonchev–Trinajstić information content (AvgIpc) is 2.96. The first-order valence-electron chi connectivity index (χ1n) is 6.27. The van der Waals surface area contributed by atoms with E-state index in [0.717, 1.165) is 0 Å². The molecule has 114 valence electrons. The first-order valence-corrected chi connectivity index (χ1v) is 6.65. The molecular formula is C11H14ClN5O4. The number of nitrogen functional groups attached to an aromatic ring is 1. The molecule has 0 aliphatic carbocycles. The SMILES string of the molecule is Nc1nc(Cl)c2ncn(C[C@@H]3O[C@H](CO)C(O)[C@@H]3O)c2n1. The molecule has 3 rings (SSSR count). The number of fused-ring (bicyclic) bond motifs is 1. The van der Waals surface area contributed by atoms with Gasteiger partial charge in [0.25, 0.3) is 0 Å². The smallest absolute Gasteiger partial charge is 0.223 e. The molecule has 1 saturated heterocycles. The minimum absolute atomic E-state index is 0.00964. The Morgan fingerprint density at radius 1 is 1.29 bits per heavy atom. The van der Waals surface area contributed by atoms with Crippen LogP contribution in [0.25, 0.3) is 11.2 Å². The van der Waals surface area contributed by atoms with Crippen LogP contribution in [0.4, 0.5) is 5.95 Å². The molecule has 1 unspecified atom stereocenters. The Morgan fingerprint density at radius 2 is 2.00 bits per heavy atom. The highest BCUT2D eigenvalue weighted by atomic mass is 35.5. The molecule has 2 aromatic heterocycles. The number of imidazole rings is 1. The van der Waals surface area contributed by atoms with Crippen molar-refractivity contribution in [1.29, 1.82) is 0 Å². The molecule has 2 aromatic rings. The van der Waals surface area contributed by atoms with Gasteiger partial charge in [-0.25, -0.2) is 4.98 Å². The van der Waals surface area contributed by atoms with Crippen LogP contribution >= 0.6 is 11.6 Å². The van der Waals surface area contributed by atoms with Crippen molar-refractivity contribution in [2.45, 2.75) is 31.0 Å². The highest BCUT2D eigenvalue weighted by Crippen LogP contribution is 2.25. The molecule has 21 heavy (non-hydrogen) atoms. The standard InChI is InChI=1S/C11H14ClN5O4/c12-9-6-10(16-11(13)15-9)17(3-14-6)1-4-7(19)8(20)5(2-18)21-4/h3-5,7-8,18-20H,1-2H2,(H2,13,15,16)/t4-,5+,7+,8?/m0/s1. The van der Waals surface area contributed by atoms with E-state index in [9.17, 15) is 10.2 Å². The van der Waals surface area contributed by atoms with E-state index in [1.807, 2.05) is 0 Å². The normalized spacial score (nSPS) is 29.3. The van der Waals surface area contributed by atoms with Crippen molar-refractivity contribution in [3.63, 3.8) is 0 Å². The summed E-state index contributed by atoms with van der Waals surface area (Å²) < 4.78 is 7.01. The lowest BCUT2D eigenvalue weighted by atomic mass is 10.1. The lowest BCUT2D eigenvalue weighted by molar-refractivity contribution is -0.0262. The van der Waals surface area contributed by atoms with E-state index < -0.39 is 24.4 Å². The van der Waals surface area contributed by atoms with Crippen LogP contribution in [-0.4, -0.2) is 65.9 Å². The van der Waals surface area contributed by atoms with Gasteiger partial charge in [0.05, 0.1) is 19.5 Å². The zero-order chi connectivity index (χ0) is 15.1. The Hall–Kier alpha value is -1.52. The first kappa shape index (κ1) is 14.4. The lowest BCUT2D eigenvalue weighted by Crippen LogP contribution is -2.35. The number of nitrogens with zero attached hydrogens (tertiary/aromatic N) is 4. The molecule has 0 bridgehead atoms. The van der Waals surface area contributed by atoms with E-state index in [4.69, 9.17) is 27.2 Å². The van der Waals surface area contributed by atoms with Crippen molar-refractivity contribution in [3.05, 3.63) is 11.5 Å². The van der Waals surface area contributed by atoms with Crippen LogP contribution < -0.4 is 5.73 Å². The number of aliphatic hydroxyl groups is 3. The van der Waals surface area contributed by atoms with Gasteiger partial charge in [-0.05, 0) is 0 Å². The molecule has 1 aliphatic rings. The number of hydrogen-bond donors (Lipinski definition) is 4. The van der Waals surface area contributed by atoms with Crippen molar-refractivity contribution in [2.24, 2.45) is 0 Å². The van der Waals surface area contributed by atoms with Gasteiger partial charge < -0.3 is 30.4 Å². The van der Waals surface area contributed by atoms with Crippen molar-refractivity contribution in [2.75, 3.05) is 12.3 Å². The molecule has 4 atom stereocenters. The summed E-state index contributed by atoms with van der Waals surface area (Å²) in [5, 5.41) is 28.9. The van der Waals surface area contributed by atoms with E-state index >= 15 is 0 Å². The van der Waals surface area contributed by atoms with E-state index in [1.54, 1.807) is 4.57 Å². The molecule has 1 fully saturated rings. The molecule has 0 saturated carbocycles. The molecular weight excluding hydrogens is 302 g/mol. The number of aliphatic hydroxyl groups excluding tert-OH is 3. The van der Waals surface area contributed by atoms with Crippen LogP contribution in [0.3, 0.4) is 0 Å². The summed E-state index contributed by atoms with van der Waals surface area (Å²) in [5.74, 6) is 0.00964. The van der Waals surface area contributed by atoms with E-state index in [0.29, 0.717) is 11.2 Å². The second-order valence-electron chi connectivity index (χ2n) is 4.82. The first-order chi connectivity index (χ1) is 10.0. The van der Waals surface area contributed by atoms with Gasteiger partial charge in [0, 0.05) is 0 Å². The third-order valence-corrected chi connectivity index (χ3v) is 3.72. The fourth-order valence-electron chi connectivity index (χ4n) is 2.38. The van der Waals surface area contributed by atoms with Crippen molar-refractivity contribution < 1.29 is 20.1 Å². The van der Waals surface area contributed by atoms with Crippen LogP contribution in [0.15, 0.2) is 6.33 Å². The van der Waals surface area contributed by atoms with Gasteiger partial charge in [0.15, 0.2) is 10.8 Å². The number of hydrogen-bond acceptors (Lipinski definition) is 8. The summed E-state index contributed by atoms with van der Waals surface area (Å²) in [4.78, 5) is 11.9. The minimum atomic E-state index is -1.14. The largest absolute Gasteiger partial charge is 0.394 e. The van der Waals surface area contributed by atoms with Crippen molar-refractivity contribution in [3.8, 4) is 0 Å². The predicted molar refractivity (Wildman–Crippen MR) is 72.5 cm³/mol. The Balaban J connectivity index is 1.89. The third kappa shape index (κ3) is 2.43. The van der Waals surface area contributed by atoms with Gasteiger partial charge in [0.2, 0.25) is 5.95 Å². The fourth-order valence-corrected chi connectivity index (χ4v) is 2.60. The lowest BCUT2D eigenvalue weighted by Gasteiger charge is -2.15. The number of nitrogens with two attached hydrogens (primary N) is 1. The van der Waals surface area contributed by atoms with E-state index in [1.165, 1.54) is 6.33 Å². The van der Waals surface area contributed by atoms with E-state index in [2.05, 4.69) is 15.0 Å². The van der Waals surface area contributed by atoms with Crippen LogP contribution in [0, 0.1) is 0 Å². The summed E-state index contributed by atoms with van der Waals surface area (Å²) in [5.41, 5.74) is 6.35. The fraction of sp³-hybridized carbons (Fsp3) is 0.545. The van der Waals surface area contributed by atoms with Gasteiger partial charge in [-0.1, -0.05) is 11.6 Å². The van der Waals surface area contributed by atoms with Gasteiger partial charge in [-0.3, -0.25) is 0 Å². The Kier molecular flexibility index (Phi) is 3.68. The maximum Gasteiger partial charge on any atom is 0.223 e. The molecule has 0 radical (unpaired) electrons. The zero-order valence-corrected chi connectivity index (χ0v) is 11.6. The quantitative estimate of drug-likeness (QED) is 0.504.